The molecule has 152 valence electrons. The second-order valence-corrected chi connectivity index (χ2v) is 8.04. The zero-order valence-electron chi connectivity index (χ0n) is 16.6. The Morgan fingerprint density at radius 3 is 2.53 bits per heavy atom. The van der Waals surface area contributed by atoms with Crippen LogP contribution in [0.2, 0.25) is 0 Å². The first-order chi connectivity index (χ1) is 14.6. The van der Waals surface area contributed by atoms with E-state index in [1.807, 2.05) is 30.5 Å². The van der Waals surface area contributed by atoms with Crippen LogP contribution in [0.4, 0.5) is 5.69 Å². The van der Waals surface area contributed by atoms with E-state index in [0.717, 1.165) is 29.3 Å². The van der Waals surface area contributed by atoms with Crippen molar-refractivity contribution in [1.29, 1.82) is 0 Å². The topological polar surface area (TPSA) is 73.5 Å². The Balaban J connectivity index is 1.40. The summed E-state index contributed by atoms with van der Waals surface area (Å²) < 4.78 is 0. The van der Waals surface area contributed by atoms with Crippen LogP contribution in [-0.4, -0.2) is 40.2 Å². The first-order valence-electron chi connectivity index (χ1n) is 10.4. The summed E-state index contributed by atoms with van der Waals surface area (Å²) in [5.74, 6) is -0.575. The van der Waals surface area contributed by atoms with Crippen LogP contribution in [0.15, 0.2) is 60.8 Å². The van der Waals surface area contributed by atoms with Gasteiger partial charge in [-0.15, -0.1) is 0 Å². The molecule has 0 spiro atoms. The Labute approximate surface area is 174 Å². The van der Waals surface area contributed by atoms with E-state index in [4.69, 9.17) is 0 Å². The summed E-state index contributed by atoms with van der Waals surface area (Å²) in [5.41, 5.74) is 2.72. The molecule has 1 saturated carbocycles. The predicted octanol–water partition coefficient (Wildman–Crippen LogP) is 3.28. The van der Waals surface area contributed by atoms with Gasteiger partial charge in [0.15, 0.2) is 0 Å². The van der Waals surface area contributed by atoms with Gasteiger partial charge in [0.05, 0.1) is 12.1 Å². The van der Waals surface area contributed by atoms with Gasteiger partial charge in [0.1, 0.15) is 6.04 Å². The lowest BCUT2D eigenvalue weighted by Crippen LogP contribution is -2.47. The van der Waals surface area contributed by atoms with Crippen LogP contribution in [0.3, 0.4) is 0 Å². The summed E-state index contributed by atoms with van der Waals surface area (Å²) in [5, 5.41) is 1.12. The van der Waals surface area contributed by atoms with Gasteiger partial charge in [-0.3, -0.25) is 14.4 Å². The number of aromatic amines is 1. The summed E-state index contributed by atoms with van der Waals surface area (Å²) >= 11 is 0. The average Bonchev–Trinajstić information content (AvgIpc) is 3.48. The maximum absolute atomic E-state index is 13.2. The summed E-state index contributed by atoms with van der Waals surface area (Å²) in [4.78, 5) is 45.0. The number of imide groups is 1. The number of amides is 3. The fourth-order valence-electron chi connectivity index (χ4n) is 4.27. The zero-order valence-corrected chi connectivity index (χ0v) is 16.6. The molecule has 3 aromatic rings. The van der Waals surface area contributed by atoms with E-state index >= 15 is 0 Å². The molecule has 2 heterocycles. The van der Waals surface area contributed by atoms with Crippen molar-refractivity contribution in [2.24, 2.45) is 5.92 Å². The number of para-hydroxylation sites is 2. The lowest BCUT2D eigenvalue weighted by molar-refractivity contribution is -0.139. The number of benzene rings is 2. The third kappa shape index (κ3) is 3.28. The van der Waals surface area contributed by atoms with Crippen LogP contribution >= 0.6 is 0 Å². The molecule has 2 fully saturated rings. The quantitative estimate of drug-likeness (QED) is 0.644. The minimum atomic E-state index is -0.726. The van der Waals surface area contributed by atoms with Gasteiger partial charge in [-0.25, -0.2) is 4.90 Å². The first-order valence-corrected chi connectivity index (χ1v) is 10.4. The highest BCUT2D eigenvalue weighted by Gasteiger charge is 2.46. The lowest BCUT2D eigenvalue weighted by atomic mass is 10.1. The smallest absolute Gasteiger partial charge is 0.257 e. The monoisotopic (exact) mass is 401 g/mol. The molecule has 2 aliphatic rings. The minimum absolute atomic E-state index is 0.00379. The molecule has 0 radical (unpaired) electrons. The molecule has 6 nitrogen and oxygen atoms in total. The van der Waals surface area contributed by atoms with E-state index in [1.165, 1.54) is 4.90 Å². The van der Waals surface area contributed by atoms with Crippen LogP contribution in [0.5, 0.6) is 0 Å². The number of carbonyl (C=O) groups excluding carboxylic acids is 3. The standard InChI is InChI=1S/C24H23N3O3/c28-22-14-21(24(30)27(22)18-6-2-1-3-7-18)26(23(29)16-10-11-16)13-12-17-15-25-20-9-5-4-8-19(17)20/h1-9,15-16,21,25H,10-14H2. The van der Waals surface area contributed by atoms with E-state index in [1.54, 1.807) is 29.2 Å². The Hall–Kier alpha value is -3.41. The fourth-order valence-corrected chi connectivity index (χ4v) is 4.27. The highest BCUT2D eigenvalue weighted by molar-refractivity contribution is 6.23. The van der Waals surface area contributed by atoms with Crippen LogP contribution in [-0.2, 0) is 20.8 Å². The Bertz CT molecular complexity index is 1120. The molecule has 0 bridgehead atoms. The molecule has 1 aromatic heterocycles. The highest BCUT2D eigenvalue weighted by atomic mass is 16.2. The van der Waals surface area contributed by atoms with E-state index < -0.39 is 6.04 Å². The van der Waals surface area contributed by atoms with Crippen molar-refractivity contribution in [1.82, 2.24) is 9.88 Å². The molecule has 1 aliphatic heterocycles. The molecule has 1 atom stereocenters. The van der Waals surface area contributed by atoms with E-state index in [2.05, 4.69) is 11.1 Å². The first kappa shape index (κ1) is 18.6. The summed E-state index contributed by atoms with van der Waals surface area (Å²) in [6.45, 7) is 0.420. The molecular weight excluding hydrogens is 378 g/mol. The lowest BCUT2D eigenvalue weighted by Gasteiger charge is -2.28. The number of aromatic nitrogens is 1. The predicted molar refractivity (Wildman–Crippen MR) is 114 cm³/mol. The van der Waals surface area contributed by atoms with Crippen LogP contribution in [0, 0.1) is 5.92 Å². The second kappa shape index (κ2) is 7.44. The molecule has 1 unspecified atom stereocenters. The largest absolute Gasteiger partial charge is 0.361 e. The van der Waals surface area contributed by atoms with E-state index in [0.29, 0.717) is 18.7 Å². The molecule has 30 heavy (non-hydrogen) atoms. The number of hydrogen-bond acceptors (Lipinski definition) is 3. The third-order valence-electron chi connectivity index (χ3n) is 6.02. The van der Waals surface area contributed by atoms with Crippen LogP contribution in [0.25, 0.3) is 10.9 Å². The maximum Gasteiger partial charge on any atom is 0.257 e. The van der Waals surface area contributed by atoms with Crippen LogP contribution in [0.1, 0.15) is 24.8 Å². The average molecular weight is 401 g/mol. The molecule has 1 saturated heterocycles. The van der Waals surface area contributed by atoms with E-state index in [-0.39, 0.29) is 30.1 Å². The van der Waals surface area contributed by atoms with Gasteiger partial charge >= 0.3 is 0 Å². The summed E-state index contributed by atoms with van der Waals surface area (Å²) in [6, 6.07) is 16.2. The Morgan fingerprint density at radius 1 is 1.03 bits per heavy atom. The molecular formula is C24H23N3O3. The number of hydrogen-bond donors (Lipinski definition) is 1. The number of nitrogens with zero attached hydrogens (tertiary/aromatic N) is 2. The number of H-pyrrole nitrogens is 1. The van der Waals surface area contributed by atoms with Gasteiger partial charge in [-0.1, -0.05) is 36.4 Å². The molecule has 6 heteroatoms. The second-order valence-electron chi connectivity index (χ2n) is 8.04. The van der Waals surface area contributed by atoms with Gasteiger partial charge in [0.25, 0.3) is 5.91 Å². The highest BCUT2D eigenvalue weighted by Crippen LogP contribution is 2.34. The summed E-state index contributed by atoms with van der Waals surface area (Å²) in [6.07, 6.45) is 4.35. The van der Waals surface area contributed by atoms with E-state index in [9.17, 15) is 14.4 Å². The number of carbonyl (C=O) groups is 3. The maximum atomic E-state index is 13.2. The molecule has 3 amide bonds. The Kier molecular flexibility index (Phi) is 4.62. The zero-order chi connectivity index (χ0) is 20.7. The number of nitrogens with one attached hydrogen (secondary N) is 1. The normalized spacial score (nSPS) is 18.9. The van der Waals surface area contributed by atoms with Gasteiger partial charge < -0.3 is 9.88 Å². The summed E-state index contributed by atoms with van der Waals surface area (Å²) in [7, 11) is 0. The van der Waals surface area contributed by atoms with Crippen molar-refractivity contribution in [2.45, 2.75) is 31.7 Å². The van der Waals surface area contributed by atoms with Crippen LogP contribution < -0.4 is 4.90 Å². The number of anilines is 1. The number of rotatable bonds is 6. The van der Waals surface area contributed by atoms with Crippen molar-refractivity contribution in [2.75, 3.05) is 11.4 Å². The molecule has 1 N–H and O–H groups in total. The van der Waals surface area contributed by atoms with Crippen molar-refractivity contribution in [3.8, 4) is 0 Å². The fraction of sp³-hybridized carbons (Fsp3) is 0.292. The van der Waals surface area contributed by atoms with Gasteiger partial charge in [-0.2, -0.15) is 0 Å². The van der Waals surface area contributed by atoms with Gasteiger partial charge in [-0.05, 0) is 43.0 Å². The third-order valence-corrected chi connectivity index (χ3v) is 6.02. The SMILES string of the molecule is O=C1CC(N(CCc2c[nH]c3ccccc23)C(=O)C2CC2)C(=O)N1c1ccccc1. The molecule has 5 rings (SSSR count). The minimum Gasteiger partial charge on any atom is -0.361 e. The van der Waals surface area contributed by atoms with Crippen molar-refractivity contribution in [3.05, 3.63) is 66.4 Å². The molecule has 1 aliphatic carbocycles. The van der Waals surface area contributed by atoms with Gasteiger partial charge in [0.2, 0.25) is 11.8 Å². The van der Waals surface area contributed by atoms with Crippen molar-refractivity contribution >= 4 is 34.3 Å². The number of fused-ring (bicyclic) bond motifs is 1. The van der Waals surface area contributed by atoms with Gasteiger partial charge in [0, 0.05) is 29.6 Å². The molecule has 2 aromatic carbocycles. The Morgan fingerprint density at radius 2 is 1.77 bits per heavy atom. The van der Waals surface area contributed by atoms with Crippen molar-refractivity contribution in [3.63, 3.8) is 0 Å². The van der Waals surface area contributed by atoms with Crippen molar-refractivity contribution < 1.29 is 14.4 Å².